The molecule has 2 nitrogen and oxygen atoms in total. The lowest BCUT2D eigenvalue weighted by Crippen LogP contribution is -2.35. The van der Waals surface area contributed by atoms with Crippen molar-refractivity contribution in [2.24, 2.45) is 0 Å². The summed E-state index contributed by atoms with van der Waals surface area (Å²) in [6, 6.07) is 12.7. The summed E-state index contributed by atoms with van der Waals surface area (Å²) in [6.07, 6.45) is 1.34. The Morgan fingerprint density at radius 3 is 2.35 bits per heavy atom. The third kappa shape index (κ3) is 1.75. The van der Waals surface area contributed by atoms with Crippen LogP contribution in [-0.2, 0) is 0 Å². The molecule has 0 amide bonds. The van der Waals surface area contributed by atoms with Crippen molar-refractivity contribution < 1.29 is 4.48 Å². The largest absolute Gasteiger partial charge is 0.366 e. The highest BCUT2D eigenvalue weighted by Gasteiger charge is 2.59. The van der Waals surface area contributed by atoms with Gasteiger partial charge in [0.2, 0.25) is 0 Å². The van der Waals surface area contributed by atoms with E-state index in [0.29, 0.717) is 0 Å². The van der Waals surface area contributed by atoms with Crippen LogP contribution in [0.25, 0.3) is 0 Å². The summed E-state index contributed by atoms with van der Waals surface area (Å²) in [5.41, 5.74) is 1.40. The van der Waals surface area contributed by atoms with Crippen LogP contribution in [0.1, 0.15) is 20.3 Å². The second-order valence-electron chi connectivity index (χ2n) is 5.71. The van der Waals surface area contributed by atoms with E-state index in [1.54, 1.807) is 0 Å². The first kappa shape index (κ1) is 11.1. The van der Waals surface area contributed by atoms with Gasteiger partial charge in [-0.25, -0.2) is 0 Å². The Morgan fingerprint density at radius 1 is 1.00 bits per heavy atom. The Hall–Kier alpha value is -1.02. The van der Waals surface area contributed by atoms with Crippen LogP contribution in [0.15, 0.2) is 30.3 Å². The highest BCUT2D eigenvalue weighted by atomic mass is 15.5. The van der Waals surface area contributed by atoms with E-state index >= 15 is 0 Å². The number of rotatable bonds is 1. The summed E-state index contributed by atoms with van der Waals surface area (Å²) in [5, 5.41) is 0. The second kappa shape index (κ2) is 4.02. The van der Waals surface area contributed by atoms with E-state index in [1.165, 1.54) is 42.8 Å². The van der Waals surface area contributed by atoms with E-state index in [1.807, 2.05) is 0 Å². The molecule has 2 atom stereocenters. The molecule has 2 heterocycles. The normalized spacial score (nSPS) is 36.9. The number of hydrogen-bond acceptors (Lipinski definition) is 1. The zero-order valence-electron chi connectivity index (χ0n) is 11.0. The van der Waals surface area contributed by atoms with Crippen molar-refractivity contribution in [3.63, 3.8) is 0 Å². The van der Waals surface area contributed by atoms with Crippen molar-refractivity contribution in [1.29, 1.82) is 0 Å². The quantitative estimate of drug-likeness (QED) is 0.530. The molecule has 0 aromatic heterocycles. The summed E-state index contributed by atoms with van der Waals surface area (Å²) in [5.74, 6) is 0. The molecular weight excluding hydrogens is 208 g/mol. The van der Waals surface area contributed by atoms with Crippen LogP contribution >= 0.6 is 0 Å². The van der Waals surface area contributed by atoms with Crippen LogP contribution in [-0.4, -0.2) is 42.7 Å². The predicted octanol–water partition coefficient (Wildman–Crippen LogP) is 2.50. The molecule has 2 aliphatic rings. The average Bonchev–Trinajstić information content (AvgIpc) is 2.98. The van der Waals surface area contributed by atoms with Crippen LogP contribution < -0.4 is 4.90 Å². The molecule has 92 valence electrons. The van der Waals surface area contributed by atoms with Crippen LogP contribution in [0.4, 0.5) is 5.69 Å². The van der Waals surface area contributed by atoms with Crippen LogP contribution in [0.2, 0.25) is 0 Å². The van der Waals surface area contributed by atoms with Gasteiger partial charge in [-0.1, -0.05) is 18.2 Å². The monoisotopic (exact) mass is 231 g/mol. The molecule has 1 spiro atoms. The van der Waals surface area contributed by atoms with Gasteiger partial charge in [0.1, 0.15) is 12.1 Å². The molecule has 3 rings (SSSR count). The fourth-order valence-electron chi connectivity index (χ4n) is 3.64. The van der Waals surface area contributed by atoms with E-state index in [4.69, 9.17) is 0 Å². The van der Waals surface area contributed by atoms with Gasteiger partial charge in [0.25, 0.3) is 0 Å². The lowest BCUT2D eigenvalue weighted by Gasteiger charge is -2.22. The summed E-state index contributed by atoms with van der Waals surface area (Å²) in [6.45, 7) is 10.00. The van der Waals surface area contributed by atoms with Gasteiger partial charge in [-0.05, 0) is 26.0 Å². The van der Waals surface area contributed by atoms with Crippen molar-refractivity contribution in [2.45, 2.75) is 32.4 Å². The zero-order valence-corrected chi connectivity index (χ0v) is 11.0. The summed E-state index contributed by atoms with van der Waals surface area (Å²) in [4.78, 5) is 2.56. The average molecular weight is 231 g/mol. The van der Waals surface area contributed by atoms with Gasteiger partial charge in [-0.2, -0.15) is 0 Å². The molecule has 0 bridgehead atoms. The Balaban J connectivity index is 1.72. The smallest absolute Gasteiger partial charge is 0.139 e. The summed E-state index contributed by atoms with van der Waals surface area (Å²) >= 11 is 0. The SMILES string of the molecule is CC1C(C)[N+]12CCCN(c1ccccc1)CC2. The first-order chi connectivity index (χ1) is 8.24. The van der Waals surface area contributed by atoms with Gasteiger partial charge in [0.15, 0.2) is 0 Å². The second-order valence-corrected chi connectivity index (χ2v) is 5.71. The van der Waals surface area contributed by atoms with E-state index < -0.39 is 0 Å². The molecule has 0 radical (unpaired) electrons. The number of hydrogen-bond donors (Lipinski definition) is 0. The number of nitrogens with zero attached hydrogens (tertiary/aromatic N) is 2. The minimum atomic E-state index is 0.894. The highest BCUT2D eigenvalue weighted by Crippen LogP contribution is 2.40. The standard InChI is InChI=1S/C15H23N2/c1-13-14(2)17(13)11-6-9-16(10-12-17)15-7-4-3-5-8-15/h3-5,7-8,13-14H,6,9-12H2,1-2H3/q+1. The van der Waals surface area contributed by atoms with Gasteiger partial charge in [0, 0.05) is 18.7 Å². The lowest BCUT2D eigenvalue weighted by atomic mass is 10.3. The third-order valence-electron chi connectivity index (χ3n) is 5.14. The van der Waals surface area contributed by atoms with Gasteiger partial charge in [0.05, 0.1) is 19.6 Å². The molecule has 2 fully saturated rings. The first-order valence-corrected chi connectivity index (χ1v) is 6.90. The topological polar surface area (TPSA) is 3.24 Å². The molecule has 0 aliphatic carbocycles. The Kier molecular flexibility index (Phi) is 2.62. The van der Waals surface area contributed by atoms with Crippen molar-refractivity contribution in [3.8, 4) is 0 Å². The maximum Gasteiger partial charge on any atom is 0.139 e. The predicted molar refractivity (Wildman–Crippen MR) is 72.2 cm³/mol. The number of quaternary nitrogens is 1. The van der Waals surface area contributed by atoms with E-state index in [9.17, 15) is 0 Å². The van der Waals surface area contributed by atoms with Crippen molar-refractivity contribution in [3.05, 3.63) is 30.3 Å². The highest BCUT2D eigenvalue weighted by molar-refractivity contribution is 5.45. The summed E-state index contributed by atoms with van der Waals surface area (Å²) < 4.78 is 1.38. The maximum atomic E-state index is 2.56. The fraction of sp³-hybridized carbons (Fsp3) is 0.600. The number of para-hydroxylation sites is 1. The molecule has 0 N–H and O–H groups in total. The summed E-state index contributed by atoms with van der Waals surface area (Å²) in [7, 11) is 0. The van der Waals surface area contributed by atoms with E-state index in [2.05, 4.69) is 49.1 Å². The lowest BCUT2D eigenvalue weighted by molar-refractivity contribution is -0.822. The van der Waals surface area contributed by atoms with Crippen molar-refractivity contribution >= 4 is 5.69 Å². The Bertz CT molecular complexity index is 379. The zero-order chi connectivity index (χ0) is 11.9. The molecule has 1 aromatic rings. The van der Waals surface area contributed by atoms with Gasteiger partial charge < -0.3 is 9.38 Å². The molecule has 2 unspecified atom stereocenters. The molecule has 1 aromatic carbocycles. The first-order valence-electron chi connectivity index (χ1n) is 6.90. The van der Waals surface area contributed by atoms with E-state index in [-0.39, 0.29) is 0 Å². The van der Waals surface area contributed by atoms with Crippen LogP contribution in [0.5, 0.6) is 0 Å². The third-order valence-corrected chi connectivity index (χ3v) is 5.14. The molecule has 17 heavy (non-hydrogen) atoms. The van der Waals surface area contributed by atoms with Crippen molar-refractivity contribution in [2.75, 3.05) is 31.1 Å². The minimum Gasteiger partial charge on any atom is -0.366 e. The molecule has 2 heteroatoms. The maximum absolute atomic E-state index is 2.56. The molecule has 2 aliphatic heterocycles. The van der Waals surface area contributed by atoms with Gasteiger partial charge >= 0.3 is 0 Å². The van der Waals surface area contributed by atoms with Gasteiger partial charge in [-0.15, -0.1) is 0 Å². The van der Waals surface area contributed by atoms with Crippen molar-refractivity contribution in [1.82, 2.24) is 0 Å². The minimum absolute atomic E-state index is 0.894. The van der Waals surface area contributed by atoms with E-state index in [0.717, 1.165) is 12.1 Å². The molecule has 0 saturated carbocycles. The van der Waals surface area contributed by atoms with Crippen LogP contribution in [0, 0.1) is 0 Å². The molecular formula is C15H23N2+. The van der Waals surface area contributed by atoms with Gasteiger partial charge in [-0.3, -0.25) is 0 Å². The molecule has 2 saturated heterocycles. The number of anilines is 1. The Morgan fingerprint density at radius 2 is 1.71 bits per heavy atom. The van der Waals surface area contributed by atoms with Crippen LogP contribution in [0.3, 0.4) is 0 Å². The Labute approximate surface area is 104 Å². The fourth-order valence-corrected chi connectivity index (χ4v) is 3.64. The number of benzene rings is 1.